The maximum atomic E-state index is 11.9. The summed E-state index contributed by atoms with van der Waals surface area (Å²) >= 11 is 0. The minimum absolute atomic E-state index is 0.0324. The summed E-state index contributed by atoms with van der Waals surface area (Å²) < 4.78 is 0. The molecule has 0 amide bonds. The SMILES string of the molecule is CN1Cc2c([nH]c(=O)[nH]c2=O)C(c2ccccc2)C1. The average Bonchev–Trinajstić information content (AvgIpc) is 2.40. The van der Waals surface area contributed by atoms with Gasteiger partial charge < -0.3 is 9.88 Å². The molecule has 2 N–H and O–H groups in total. The normalized spacial score (nSPS) is 19.1. The van der Waals surface area contributed by atoms with Gasteiger partial charge in [-0.2, -0.15) is 0 Å². The number of benzene rings is 1. The van der Waals surface area contributed by atoms with Gasteiger partial charge in [-0.05, 0) is 12.6 Å². The summed E-state index contributed by atoms with van der Waals surface area (Å²) in [7, 11) is 1.98. The highest BCUT2D eigenvalue weighted by atomic mass is 16.2. The second-order valence-electron chi connectivity index (χ2n) is 4.96. The van der Waals surface area contributed by atoms with Crippen molar-refractivity contribution in [2.45, 2.75) is 12.5 Å². The summed E-state index contributed by atoms with van der Waals surface area (Å²) in [5.74, 6) is 0.0324. The van der Waals surface area contributed by atoms with E-state index in [0.29, 0.717) is 12.1 Å². The van der Waals surface area contributed by atoms with Crippen LogP contribution in [0.5, 0.6) is 0 Å². The maximum Gasteiger partial charge on any atom is 0.325 e. The Balaban J connectivity index is 2.20. The number of H-pyrrole nitrogens is 2. The fourth-order valence-electron chi connectivity index (χ4n) is 2.68. The standard InChI is InChI=1S/C14H15N3O2/c1-17-7-10(9-5-3-2-4-6-9)12-11(8-17)13(18)16-14(19)15-12/h2-6,10H,7-8H2,1H3,(H2,15,16,18,19). The molecule has 0 saturated carbocycles. The van der Waals surface area contributed by atoms with Gasteiger partial charge in [0.1, 0.15) is 0 Å². The average molecular weight is 257 g/mol. The Hall–Kier alpha value is -2.14. The number of nitrogens with one attached hydrogen (secondary N) is 2. The molecule has 1 unspecified atom stereocenters. The Bertz CT molecular complexity index is 703. The summed E-state index contributed by atoms with van der Waals surface area (Å²) in [6, 6.07) is 9.93. The summed E-state index contributed by atoms with van der Waals surface area (Å²) in [5, 5.41) is 0. The van der Waals surface area contributed by atoms with Gasteiger partial charge in [-0.3, -0.25) is 9.78 Å². The maximum absolute atomic E-state index is 11.9. The van der Waals surface area contributed by atoms with E-state index in [-0.39, 0.29) is 11.5 Å². The van der Waals surface area contributed by atoms with Gasteiger partial charge in [0.25, 0.3) is 5.56 Å². The van der Waals surface area contributed by atoms with Gasteiger partial charge >= 0.3 is 5.69 Å². The van der Waals surface area contributed by atoms with Crippen LogP contribution in [0.1, 0.15) is 22.7 Å². The topological polar surface area (TPSA) is 69.0 Å². The van der Waals surface area contributed by atoms with Crippen LogP contribution in [0.15, 0.2) is 39.9 Å². The van der Waals surface area contributed by atoms with Crippen LogP contribution in [-0.4, -0.2) is 28.5 Å². The number of hydrogen-bond acceptors (Lipinski definition) is 3. The van der Waals surface area contributed by atoms with Crippen LogP contribution in [0.3, 0.4) is 0 Å². The Labute approximate surface area is 109 Å². The largest absolute Gasteiger partial charge is 0.325 e. The number of aromatic amines is 2. The molecule has 2 heterocycles. The molecule has 98 valence electrons. The number of aromatic nitrogens is 2. The number of rotatable bonds is 1. The minimum Gasteiger partial charge on any atom is -0.310 e. The molecule has 3 rings (SSSR count). The van der Waals surface area contributed by atoms with Crippen molar-refractivity contribution in [2.24, 2.45) is 0 Å². The van der Waals surface area contributed by atoms with E-state index in [9.17, 15) is 9.59 Å². The number of hydrogen-bond donors (Lipinski definition) is 2. The minimum atomic E-state index is -0.436. The zero-order valence-corrected chi connectivity index (χ0v) is 10.6. The Morgan fingerprint density at radius 2 is 1.89 bits per heavy atom. The zero-order chi connectivity index (χ0) is 13.4. The van der Waals surface area contributed by atoms with Crippen LogP contribution >= 0.6 is 0 Å². The third kappa shape index (κ3) is 2.13. The molecule has 5 heteroatoms. The highest BCUT2D eigenvalue weighted by Gasteiger charge is 2.27. The van der Waals surface area contributed by atoms with Gasteiger partial charge in [-0.15, -0.1) is 0 Å². The first-order valence-corrected chi connectivity index (χ1v) is 6.24. The van der Waals surface area contributed by atoms with Crippen molar-refractivity contribution in [3.8, 4) is 0 Å². The summed E-state index contributed by atoms with van der Waals surface area (Å²) in [4.78, 5) is 30.6. The summed E-state index contributed by atoms with van der Waals surface area (Å²) in [6.45, 7) is 1.35. The molecule has 0 aliphatic carbocycles. The molecule has 0 bridgehead atoms. The smallest absolute Gasteiger partial charge is 0.310 e. The quantitative estimate of drug-likeness (QED) is 0.787. The van der Waals surface area contributed by atoms with E-state index in [1.807, 2.05) is 37.4 Å². The molecule has 0 radical (unpaired) electrons. The van der Waals surface area contributed by atoms with E-state index in [1.54, 1.807) is 0 Å². The predicted molar refractivity (Wildman–Crippen MR) is 72.3 cm³/mol. The molecular weight excluding hydrogens is 242 g/mol. The molecule has 19 heavy (non-hydrogen) atoms. The molecule has 1 aromatic carbocycles. The highest BCUT2D eigenvalue weighted by molar-refractivity contribution is 5.34. The van der Waals surface area contributed by atoms with E-state index in [1.165, 1.54) is 0 Å². The van der Waals surface area contributed by atoms with Gasteiger partial charge in [-0.1, -0.05) is 30.3 Å². The molecule has 1 aliphatic heterocycles. The molecular formula is C14H15N3O2. The van der Waals surface area contributed by atoms with Crippen molar-refractivity contribution in [3.63, 3.8) is 0 Å². The lowest BCUT2D eigenvalue weighted by molar-refractivity contribution is 0.289. The van der Waals surface area contributed by atoms with Crippen LogP contribution < -0.4 is 11.2 Å². The lowest BCUT2D eigenvalue weighted by Crippen LogP contribution is -2.39. The van der Waals surface area contributed by atoms with E-state index >= 15 is 0 Å². The molecule has 0 saturated heterocycles. The van der Waals surface area contributed by atoms with Gasteiger partial charge in [0.05, 0.1) is 5.56 Å². The number of nitrogens with zero attached hydrogens (tertiary/aromatic N) is 1. The first-order valence-electron chi connectivity index (χ1n) is 6.24. The Morgan fingerprint density at radius 3 is 2.63 bits per heavy atom. The fourth-order valence-corrected chi connectivity index (χ4v) is 2.68. The van der Waals surface area contributed by atoms with Crippen molar-refractivity contribution in [1.29, 1.82) is 0 Å². The monoisotopic (exact) mass is 257 g/mol. The molecule has 0 spiro atoms. The van der Waals surface area contributed by atoms with Crippen LogP contribution in [0.4, 0.5) is 0 Å². The number of fused-ring (bicyclic) bond motifs is 1. The van der Waals surface area contributed by atoms with Gasteiger partial charge in [0.2, 0.25) is 0 Å². The molecule has 1 aliphatic rings. The molecule has 1 aromatic heterocycles. The predicted octanol–water partition coefficient (Wildman–Crippen LogP) is 0.640. The summed E-state index contributed by atoms with van der Waals surface area (Å²) in [6.07, 6.45) is 0. The second kappa shape index (κ2) is 4.51. The van der Waals surface area contributed by atoms with Crippen molar-refractivity contribution in [1.82, 2.24) is 14.9 Å². The van der Waals surface area contributed by atoms with E-state index in [2.05, 4.69) is 14.9 Å². The number of likely N-dealkylation sites (N-methyl/N-ethyl adjacent to an activating group) is 1. The van der Waals surface area contributed by atoms with Crippen LogP contribution in [0, 0.1) is 0 Å². The lowest BCUT2D eigenvalue weighted by Gasteiger charge is -2.31. The van der Waals surface area contributed by atoms with Crippen LogP contribution in [0.25, 0.3) is 0 Å². The van der Waals surface area contributed by atoms with E-state index in [4.69, 9.17) is 0 Å². The van der Waals surface area contributed by atoms with Gasteiger partial charge in [0.15, 0.2) is 0 Å². The Morgan fingerprint density at radius 1 is 1.16 bits per heavy atom. The van der Waals surface area contributed by atoms with Crippen molar-refractivity contribution >= 4 is 0 Å². The third-order valence-corrected chi connectivity index (χ3v) is 3.55. The van der Waals surface area contributed by atoms with Crippen molar-refractivity contribution in [2.75, 3.05) is 13.6 Å². The molecule has 2 aromatic rings. The van der Waals surface area contributed by atoms with Crippen LogP contribution in [-0.2, 0) is 6.54 Å². The van der Waals surface area contributed by atoms with Gasteiger partial charge in [-0.25, -0.2) is 4.79 Å². The Kier molecular flexibility index (Phi) is 2.83. The van der Waals surface area contributed by atoms with Crippen LogP contribution in [0.2, 0.25) is 0 Å². The fraction of sp³-hybridized carbons (Fsp3) is 0.286. The molecule has 5 nitrogen and oxygen atoms in total. The lowest BCUT2D eigenvalue weighted by atomic mass is 9.89. The first kappa shape index (κ1) is 11.9. The van der Waals surface area contributed by atoms with Crippen molar-refractivity contribution in [3.05, 3.63) is 68.0 Å². The summed E-state index contributed by atoms with van der Waals surface area (Å²) in [5.41, 5.74) is 1.79. The molecule has 1 atom stereocenters. The molecule has 0 fully saturated rings. The van der Waals surface area contributed by atoms with E-state index in [0.717, 1.165) is 17.8 Å². The third-order valence-electron chi connectivity index (χ3n) is 3.55. The highest BCUT2D eigenvalue weighted by Crippen LogP contribution is 2.28. The zero-order valence-electron chi connectivity index (χ0n) is 10.6. The first-order chi connectivity index (χ1) is 9.15. The van der Waals surface area contributed by atoms with E-state index < -0.39 is 5.69 Å². The second-order valence-corrected chi connectivity index (χ2v) is 4.96. The van der Waals surface area contributed by atoms with Gasteiger partial charge in [0, 0.05) is 24.7 Å². The van der Waals surface area contributed by atoms with Crippen molar-refractivity contribution < 1.29 is 0 Å².